The first-order valence-corrected chi connectivity index (χ1v) is 2.45. The Morgan fingerprint density at radius 2 is 1.44 bits per heavy atom. The Kier molecular flexibility index (Phi) is 10.1. The first-order chi connectivity index (χ1) is 4.06. The molecule has 0 aromatic carbocycles. The smallest absolute Gasteiger partial charge is 0.188 e. The average Bonchev–Trinajstić information content (AvgIpc) is 1.68. The molecular weight excluding hydrogens is 176 g/mol. The molecule has 0 aliphatic heterocycles. The predicted octanol–water partition coefficient (Wildman–Crippen LogP) is 3.63. The summed E-state index contributed by atoms with van der Waals surface area (Å²) in [5, 5.41) is -1.94. The van der Waals surface area contributed by atoms with Crippen LogP contribution >= 0.6 is 23.2 Å². The van der Waals surface area contributed by atoms with E-state index >= 15 is 0 Å². The van der Waals surface area contributed by atoms with Gasteiger partial charge in [-0.15, -0.1) is 0 Å². The number of rotatable bonds is 0. The van der Waals surface area contributed by atoms with Gasteiger partial charge in [0.25, 0.3) is 5.29 Å². The van der Waals surface area contributed by atoms with Gasteiger partial charge in [-0.1, -0.05) is 18.2 Å². The molecule has 0 aliphatic rings. The second kappa shape index (κ2) is 7.85. The zero-order valence-electron chi connectivity index (χ0n) is 4.17. The molecule has 0 unspecified atom stereocenters. The second-order valence-corrected chi connectivity index (χ2v) is 1.32. The minimum atomic E-state index is -2.48. The number of halogens is 5. The van der Waals surface area contributed by atoms with E-state index in [4.69, 9.17) is 11.6 Å². The zero-order chi connectivity index (χ0) is 7.86. The van der Waals surface area contributed by atoms with E-state index in [9.17, 15) is 13.2 Å². The molecule has 0 fully saturated rings. The predicted molar refractivity (Wildman–Crippen MR) is 32.3 cm³/mol. The van der Waals surface area contributed by atoms with Gasteiger partial charge in [-0.25, -0.2) is 0 Å². The maximum absolute atomic E-state index is 10.7. The van der Waals surface area contributed by atoms with Gasteiger partial charge >= 0.3 is 6.08 Å². The van der Waals surface area contributed by atoms with Crippen molar-refractivity contribution in [2.24, 2.45) is 0 Å². The normalized spacial score (nSPS) is 6.78. The van der Waals surface area contributed by atoms with Gasteiger partial charge in [0.2, 0.25) is 0 Å². The van der Waals surface area contributed by atoms with Crippen LogP contribution in [-0.2, 0) is 0 Å². The molecule has 0 amide bonds. The molecule has 0 atom stereocenters. The van der Waals surface area contributed by atoms with Crippen LogP contribution in [0, 0.1) is 0 Å². The van der Waals surface area contributed by atoms with Crippen LogP contribution in [0.25, 0.3) is 0 Å². The summed E-state index contributed by atoms with van der Waals surface area (Å²) in [4.78, 5) is 0. The lowest BCUT2D eigenvalue weighted by Gasteiger charge is -1.70. The zero-order valence-corrected chi connectivity index (χ0v) is 5.69. The number of hydrogen-bond acceptors (Lipinski definition) is 0. The monoisotopic (exact) mass is 178 g/mol. The fourth-order valence-corrected chi connectivity index (χ4v) is 0. The maximum Gasteiger partial charge on any atom is 0.317 e. The van der Waals surface area contributed by atoms with Crippen molar-refractivity contribution in [3.63, 3.8) is 0 Å². The Morgan fingerprint density at radius 3 is 1.44 bits per heavy atom. The van der Waals surface area contributed by atoms with Crippen LogP contribution in [0.3, 0.4) is 0 Å². The third-order valence-electron chi connectivity index (χ3n) is 0.143. The van der Waals surface area contributed by atoms with Crippen LogP contribution in [0.4, 0.5) is 13.2 Å². The van der Waals surface area contributed by atoms with Crippen molar-refractivity contribution < 1.29 is 13.2 Å². The van der Waals surface area contributed by atoms with E-state index in [2.05, 4.69) is 18.2 Å². The first kappa shape index (κ1) is 11.6. The van der Waals surface area contributed by atoms with Crippen molar-refractivity contribution in [2.75, 3.05) is 0 Å². The molecule has 0 saturated heterocycles. The molecule has 9 heavy (non-hydrogen) atoms. The lowest BCUT2D eigenvalue weighted by atomic mass is 11.1. The van der Waals surface area contributed by atoms with Gasteiger partial charge in [0.1, 0.15) is 0 Å². The molecule has 0 nitrogen and oxygen atoms in total. The van der Waals surface area contributed by atoms with Crippen LogP contribution < -0.4 is 0 Å². The van der Waals surface area contributed by atoms with E-state index in [-0.39, 0.29) is 0 Å². The molecule has 0 heterocycles. The fourth-order valence-electron chi connectivity index (χ4n) is 0. The molecule has 5 heteroatoms. The van der Waals surface area contributed by atoms with Crippen molar-refractivity contribution >= 4 is 23.2 Å². The van der Waals surface area contributed by atoms with E-state index in [1.54, 1.807) is 0 Å². The molecule has 0 radical (unpaired) electrons. The molecule has 0 aromatic heterocycles. The highest BCUT2D eigenvalue weighted by Gasteiger charge is 1.95. The summed E-state index contributed by atoms with van der Waals surface area (Å²) < 4.78 is 31.8. The minimum absolute atomic E-state index is 1.22. The van der Waals surface area contributed by atoms with Crippen molar-refractivity contribution in [3.8, 4) is 0 Å². The third-order valence-corrected chi connectivity index (χ3v) is 0.286. The Hall–Kier alpha value is -0.150. The lowest BCUT2D eigenvalue weighted by molar-refractivity contribution is 0.393. The van der Waals surface area contributed by atoms with E-state index in [0.29, 0.717) is 0 Å². The third kappa shape index (κ3) is 18.1. The van der Waals surface area contributed by atoms with Crippen LogP contribution in [0.2, 0.25) is 0 Å². The Balaban J connectivity index is 0. The second-order valence-electron chi connectivity index (χ2n) is 0.675. The minimum Gasteiger partial charge on any atom is -0.188 e. The molecule has 0 saturated carbocycles. The molecule has 0 spiro atoms. The van der Waals surface area contributed by atoms with Gasteiger partial charge in [-0.3, -0.25) is 0 Å². The molecule has 0 aliphatic carbocycles. The SMILES string of the molecule is C=CCl.FC(F)=C(F)Cl. The molecule has 0 rings (SSSR count). The summed E-state index contributed by atoms with van der Waals surface area (Å²) in [6.45, 7) is 3.13. The maximum atomic E-state index is 10.7. The highest BCUT2D eigenvalue weighted by atomic mass is 35.5. The van der Waals surface area contributed by atoms with E-state index in [1.165, 1.54) is 5.54 Å². The van der Waals surface area contributed by atoms with Gasteiger partial charge < -0.3 is 0 Å². The molecule has 0 bridgehead atoms. The molecule has 0 N–H and O–H groups in total. The summed E-state index contributed by atoms with van der Waals surface area (Å²) in [7, 11) is 0. The van der Waals surface area contributed by atoms with Gasteiger partial charge in [0, 0.05) is 0 Å². The number of hydrogen-bond donors (Lipinski definition) is 0. The largest absolute Gasteiger partial charge is 0.317 e. The van der Waals surface area contributed by atoms with Crippen LogP contribution in [0.15, 0.2) is 23.5 Å². The highest BCUT2D eigenvalue weighted by molar-refractivity contribution is 6.28. The summed E-state index contributed by atoms with van der Waals surface area (Å²) in [5.74, 6) is 0. The summed E-state index contributed by atoms with van der Waals surface area (Å²) in [6.07, 6.45) is -2.48. The van der Waals surface area contributed by atoms with E-state index < -0.39 is 11.4 Å². The van der Waals surface area contributed by atoms with E-state index in [0.717, 1.165) is 0 Å². The summed E-state index contributed by atoms with van der Waals surface area (Å²) in [6, 6.07) is 0. The fraction of sp³-hybridized carbons (Fsp3) is 0. The Morgan fingerprint density at radius 1 is 1.33 bits per heavy atom. The first-order valence-electron chi connectivity index (χ1n) is 1.63. The molecule has 0 aromatic rings. The molecular formula is C4H3Cl2F3. The van der Waals surface area contributed by atoms with Gasteiger partial charge in [0.05, 0.1) is 0 Å². The standard InChI is InChI=1S/C2ClF3.C2H3Cl/c3-1(4)2(5)6;1-2-3/h;2H,1H2. The summed E-state index contributed by atoms with van der Waals surface area (Å²) in [5.41, 5.74) is 1.22. The Labute approximate surface area is 60.6 Å². The topological polar surface area (TPSA) is 0 Å². The average molecular weight is 179 g/mol. The van der Waals surface area contributed by atoms with Gasteiger partial charge in [0.15, 0.2) is 0 Å². The Bertz CT molecular complexity index is 92.4. The van der Waals surface area contributed by atoms with Crippen molar-refractivity contribution in [1.29, 1.82) is 0 Å². The molecule has 54 valence electrons. The van der Waals surface area contributed by atoms with Crippen LogP contribution in [-0.4, -0.2) is 0 Å². The van der Waals surface area contributed by atoms with Crippen LogP contribution in [0.1, 0.15) is 0 Å². The van der Waals surface area contributed by atoms with E-state index in [1.807, 2.05) is 0 Å². The van der Waals surface area contributed by atoms with Gasteiger partial charge in [-0.2, -0.15) is 13.2 Å². The quantitative estimate of drug-likeness (QED) is 0.532. The summed E-state index contributed by atoms with van der Waals surface area (Å²) >= 11 is 8.84. The highest BCUT2D eigenvalue weighted by Crippen LogP contribution is 2.11. The van der Waals surface area contributed by atoms with Crippen molar-refractivity contribution in [3.05, 3.63) is 23.5 Å². The van der Waals surface area contributed by atoms with Crippen molar-refractivity contribution in [1.82, 2.24) is 0 Å². The lowest BCUT2D eigenvalue weighted by Crippen LogP contribution is -1.54. The van der Waals surface area contributed by atoms with Crippen LogP contribution in [0.5, 0.6) is 0 Å². The van der Waals surface area contributed by atoms with Gasteiger partial charge in [-0.05, 0) is 17.1 Å². The van der Waals surface area contributed by atoms with Crippen molar-refractivity contribution in [2.45, 2.75) is 0 Å².